The lowest BCUT2D eigenvalue weighted by Crippen LogP contribution is -2.34. The standard InChI is InChI=1S/C26H25N3O5/c1-29-16-20(12-18-4-6-22(33-10-8-27)24(14-18)31-2)26(30)21(17-29)13-19-5-7-23(34-11-9-28)25(15-19)32-3/h4-7,12-15H,10-11,16-17H2,1-3H3/b20-12+,21-13+. The van der Waals surface area contributed by atoms with Crippen LogP contribution < -0.4 is 18.9 Å². The summed E-state index contributed by atoms with van der Waals surface area (Å²) in [6, 6.07) is 14.5. The minimum atomic E-state index is -0.0789. The van der Waals surface area contributed by atoms with Gasteiger partial charge in [-0.1, -0.05) is 12.1 Å². The van der Waals surface area contributed by atoms with Gasteiger partial charge in [0.05, 0.1) is 14.2 Å². The Morgan fingerprint density at radius 2 is 1.26 bits per heavy atom. The van der Waals surface area contributed by atoms with Gasteiger partial charge in [0.25, 0.3) is 0 Å². The fraction of sp³-hybridized carbons (Fsp3) is 0.269. The maximum atomic E-state index is 13.3. The smallest absolute Gasteiger partial charge is 0.187 e. The number of benzene rings is 2. The zero-order valence-electron chi connectivity index (χ0n) is 19.3. The van der Waals surface area contributed by atoms with E-state index in [4.69, 9.17) is 29.5 Å². The van der Waals surface area contributed by atoms with Gasteiger partial charge in [0.1, 0.15) is 12.1 Å². The van der Waals surface area contributed by atoms with Crippen molar-refractivity contribution in [3.63, 3.8) is 0 Å². The number of nitrogens with zero attached hydrogens (tertiary/aromatic N) is 3. The number of ether oxygens (including phenoxy) is 4. The molecule has 1 saturated heterocycles. The van der Waals surface area contributed by atoms with Gasteiger partial charge in [-0.05, 0) is 54.6 Å². The lowest BCUT2D eigenvalue weighted by Gasteiger charge is -2.26. The Kier molecular flexibility index (Phi) is 8.28. The van der Waals surface area contributed by atoms with Crippen LogP contribution in [0.3, 0.4) is 0 Å². The number of nitriles is 2. The van der Waals surface area contributed by atoms with E-state index in [0.717, 1.165) is 11.1 Å². The summed E-state index contributed by atoms with van der Waals surface area (Å²) in [4.78, 5) is 15.3. The highest BCUT2D eigenvalue weighted by Gasteiger charge is 2.24. The van der Waals surface area contributed by atoms with Crippen molar-refractivity contribution >= 4 is 17.9 Å². The van der Waals surface area contributed by atoms with Crippen molar-refractivity contribution in [1.82, 2.24) is 4.90 Å². The van der Waals surface area contributed by atoms with E-state index in [1.165, 1.54) is 14.2 Å². The molecule has 0 atom stereocenters. The van der Waals surface area contributed by atoms with Crippen LogP contribution in [-0.4, -0.2) is 58.3 Å². The molecule has 0 aromatic heterocycles. The molecule has 3 rings (SSSR count). The average Bonchev–Trinajstić information content (AvgIpc) is 2.84. The van der Waals surface area contributed by atoms with E-state index >= 15 is 0 Å². The number of hydrogen-bond donors (Lipinski definition) is 0. The monoisotopic (exact) mass is 459 g/mol. The first kappa shape index (κ1) is 24.4. The van der Waals surface area contributed by atoms with Crippen LogP contribution in [0.4, 0.5) is 0 Å². The minimum Gasteiger partial charge on any atom is -0.493 e. The van der Waals surface area contributed by atoms with Gasteiger partial charge in [0.2, 0.25) is 0 Å². The number of methoxy groups -OCH3 is 2. The zero-order chi connectivity index (χ0) is 24.5. The van der Waals surface area contributed by atoms with Gasteiger partial charge >= 0.3 is 0 Å². The van der Waals surface area contributed by atoms with E-state index < -0.39 is 0 Å². The molecule has 34 heavy (non-hydrogen) atoms. The van der Waals surface area contributed by atoms with Crippen molar-refractivity contribution < 1.29 is 23.7 Å². The van der Waals surface area contributed by atoms with Gasteiger partial charge in [0, 0.05) is 24.2 Å². The summed E-state index contributed by atoms with van der Waals surface area (Å²) < 4.78 is 21.5. The third kappa shape index (κ3) is 5.94. The van der Waals surface area contributed by atoms with Crippen molar-refractivity contribution in [2.24, 2.45) is 0 Å². The van der Waals surface area contributed by atoms with E-state index in [9.17, 15) is 4.79 Å². The summed E-state index contributed by atoms with van der Waals surface area (Å²) in [5.74, 6) is 1.88. The Morgan fingerprint density at radius 3 is 1.65 bits per heavy atom. The largest absolute Gasteiger partial charge is 0.493 e. The number of hydrogen-bond acceptors (Lipinski definition) is 8. The molecular formula is C26H25N3O5. The summed E-state index contributed by atoms with van der Waals surface area (Å²) in [5, 5.41) is 17.5. The van der Waals surface area contributed by atoms with Crippen LogP contribution in [0.1, 0.15) is 11.1 Å². The fourth-order valence-corrected chi connectivity index (χ4v) is 3.62. The molecule has 2 aromatic carbocycles. The van der Waals surface area contributed by atoms with Crippen LogP contribution >= 0.6 is 0 Å². The van der Waals surface area contributed by atoms with Crippen molar-refractivity contribution in [3.8, 4) is 35.1 Å². The number of ketones is 1. The van der Waals surface area contributed by atoms with E-state index in [2.05, 4.69) is 4.90 Å². The highest BCUT2D eigenvalue weighted by atomic mass is 16.5. The maximum absolute atomic E-state index is 13.3. The number of carbonyl (C=O) groups excluding carboxylic acids is 1. The quantitative estimate of drug-likeness (QED) is 0.553. The summed E-state index contributed by atoms with van der Waals surface area (Å²) in [5.41, 5.74) is 2.88. The predicted molar refractivity (Wildman–Crippen MR) is 127 cm³/mol. The molecule has 2 aromatic rings. The predicted octanol–water partition coefficient (Wildman–Crippen LogP) is 3.49. The molecule has 0 bridgehead atoms. The number of likely N-dealkylation sites (tertiary alicyclic amines) is 1. The summed E-state index contributed by atoms with van der Waals surface area (Å²) in [6.45, 7) is 0.861. The molecule has 0 aliphatic carbocycles. The first-order chi connectivity index (χ1) is 16.5. The Hall–Kier alpha value is -4.27. The van der Waals surface area contributed by atoms with Gasteiger partial charge in [-0.25, -0.2) is 0 Å². The SMILES string of the molecule is COc1cc(/C=C2\CN(C)C/C(=C\c3ccc(OCC#N)c(OC)c3)C2=O)ccc1OCC#N. The minimum absolute atomic E-state index is 0.0364. The topological polar surface area (TPSA) is 105 Å². The van der Waals surface area contributed by atoms with Gasteiger partial charge < -0.3 is 18.9 Å². The summed E-state index contributed by atoms with van der Waals surface area (Å²) in [6.07, 6.45) is 3.67. The molecule has 8 nitrogen and oxygen atoms in total. The molecule has 1 fully saturated rings. The van der Waals surface area contributed by atoms with Crippen molar-refractivity contribution in [1.29, 1.82) is 10.5 Å². The van der Waals surface area contributed by atoms with Gasteiger partial charge in [0.15, 0.2) is 42.0 Å². The van der Waals surface area contributed by atoms with Crippen LogP contribution in [0.25, 0.3) is 12.2 Å². The Balaban J connectivity index is 1.89. The second kappa shape index (κ2) is 11.6. The summed E-state index contributed by atoms with van der Waals surface area (Å²) >= 11 is 0. The third-order valence-corrected chi connectivity index (χ3v) is 5.11. The lowest BCUT2D eigenvalue weighted by molar-refractivity contribution is -0.113. The zero-order valence-corrected chi connectivity index (χ0v) is 19.3. The first-order valence-corrected chi connectivity index (χ1v) is 10.5. The number of piperidine rings is 1. The second-order valence-corrected chi connectivity index (χ2v) is 7.55. The molecule has 1 aliphatic rings. The van der Waals surface area contributed by atoms with Crippen LogP contribution in [0.15, 0.2) is 47.5 Å². The molecule has 1 heterocycles. The molecule has 0 amide bonds. The highest BCUT2D eigenvalue weighted by Crippen LogP contribution is 2.31. The fourth-order valence-electron chi connectivity index (χ4n) is 3.62. The van der Waals surface area contributed by atoms with Crippen LogP contribution in [0.5, 0.6) is 23.0 Å². The number of carbonyl (C=O) groups is 1. The third-order valence-electron chi connectivity index (χ3n) is 5.11. The van der Waals surface area contributed by atoms with Crippen LogP contribution in [-0.2, 0) is 4.79 Å². The molecule has 0 N–H and O–H groups in total. The molecule has 1 aliphatic heterocycles. The average molecular weight is 460 g/mol. The van der Waals surface area contributed by atoms with Gasteiger partial charge in [-0.3, -0.25) is 9.69 Å². The molecule has 174 valence electrons. The molecule has 8 heteroatoms. The number of likely N-dealkylation sites (N-methyl/N-ethyl adjacent to an activating group) is 1. The molecule has 0 saturated carbocycles. The lowest BCUT2D eigenvalue weighted by atomic mass is 9.94. The first-order valence-electron chi connectivity index (χ1n) is 10.5. The summed E-state index contributed by atoms with van der Waals surface area (Å²) in [7, 11) is 5.00. The van der Waals surface area contributed by atoms with Gasteiger partial charge in [-0.2, -0.15) is 10.5 Å². The van der Waals surface area contributed by atoms with E-state index in [1.807, 2.05) is 43.5 Å². The molecule has 0 unspecified atom stereocenters. The normalized spacial score (nSPS) is 16.1. The van der Waals surface area contributed by atoms with Crippen molar-refractivity contribution in [3.05, 3.63) is 58.7 Å². The Labute approximate surface area is 198 Å². The Morgan fingerprint density at radius 1 is 0.824 bits per heavy atom. The molecule has 0 radical (unpaired) electrons. The van der Waals surface area contributed by atoms with Crippen molar-refractivity contribution in [2.75, 3.05) is 47.6 Å². The second-order valence-electron chi connectivity index (χ2n) is 7.55. The highest BCUT2D eigenvalue weighted by molar-refractivity contribution is 6.14. The number of Topliss-reactive ketones (excluding diaryl/α,β-unsaturated/α-hetero) is 1. The van der Waals surface area contributed by atoms with Crippen LogP contribution in [0, 0.1) is 22.7 Å². The number of rotatable bonds is 8. The van der Waals surface area contributed by atoms with Crippen molar-refractivity contribution in [2.45, 2.75) is 0 Å². The maximum Gasteiger partial charge on any atom is 0.187 e. The van der Waals surface area contributed by atoms with E-state index in [0.29, 0.717) is 47.2 Å². The van der Waals surface area contributed by atoms with E-state index in [-0.39, 0.29) is 19.0 Å². The Bertz CT molecular complexity index is 1110. The van der Waals surface area contributed by atoms with Gasteiger partial charge in [-0.15, -0.1) is 0 Å². The molecule has 0 spiro atoms. The van der Waals surface area contributed by atoms with Crippen LogP contribution in [0.2, 0.25) is 0 Å². The molecular weight excluding hydrogens is 434 g/mol. The van der Waals surface area contributed by atoms with E-state index in [1.54, 1.807) is 24.3 Å².